The Kier molecular flexibility index (Phi) is 6.65. The lowest BCUT2D eigenvalue weighted by atomic mass is 9.87. The van der Waals surface area contributed by atoms with E-state index in [0.29, 0.717) is 19.0 Å². The maximum absolute atomic E-state index is 11.8. The molecule has 1 aliphatic carbocycles. The van der Waals surface area contributed by atoms with Crippen LogP contribution >= 0.6 is 0 Å². The van der Waals surface area contributed by atoms with Crippen LogP contribution in [0.4, 0.5) is 0 Å². The predicted molar refractivity (Wildman–Crippen MR) is 73.4 cm³/mol. The van der Waals surface area contributed by atoms with Gasteiger partial charge >= 0.3 is 0 Å². The molecule has 0 heterocycles. The van der Waals surface area contributed by atoms with Gasteiger partial charge in [-0.3, -0.25) is 9.69 Å². The second-order valence-electron chi connectivity index (χ2n) is 5.90. The number of likely N-dealkylation sites (N-methyl/N-ethyl adjacent to an activating group) is 1. The zero-order valence-electron chi connectivity index (χ0n) is 12.0. The molecular weight excluding hydrogens is 228 g/mol. The van der Waals surface area contributed by atoms with E-state index in [1.165, 1.54) is 12.8 Å². The monoisotopic (exact) mass is 256 g/mol. The standard InChI is InChI=1S/C14H28N2O2/c1-11-4-6-13(7-5-11)15-14(18)10-16(3)9-8-12(2)17/h11-13,17H,4-10H2,1-3H3,(H,15,18). The zero-order valence-corrected chi connectivity index (χ0v) is 12.0. The molecule has 0 aliphatic heterocycles. The van der Waals surface area contributed by atoms with Gasteiger partial charge in [0.25, 0.3) is 0 Å². The van der Waals surface area contributed by atoms with Gasteiger partial charge in [-0.1, -0.05) is 6.92 Å². The third-order valence-corrected chi connectivity index (χ3v) is 3.72. The summed E-state index contributed by atoms with van der Waals surface area (Å²) < 4.78 is 0. The summed E-state index contributed by atoms with van der Waals surface area (Å²) in [6.45, 7) is 5.24. The van der Waals surface area contributed by atoms with Gasteiger partial charge in [0.1, 0.15) is 0 Å². The highest BCUT2D eigenvalue weighted by molar-refractivity contribution is 5.78. The quantitative estimate of drug-likeness (QED) is 0.755. The second-order valence-corrected chi connectivity index (χ2v) is 5.90. The summed E-state index contributed by atoms with van der Waals surface area (Å²) in [6, 6.07) is 0.374. The fourth-order valence-electron chi connectivity index (χ4n) is 2.41. The number of carbonyl (C=O) groups is 1. The summed E-state index contributed by atoms with van der Waals surface area (Å²) in [5, 5.41) is 12.3. The van der Waals surface area contributed by atoms with Gasteiger partial charge in [-0.25, -0.2) is 0 Å². The van der Waals surface area contributed by atoms with Gasteiger partial charge in [-0.2, -0.15) is 0 Å². The van der Waals surface area contributed by atoms with Crippen molar-refractivity contribution in [2.75, 3.05) is 20.1 Å². The molecule has 1 aliphatic rings. The summed E-state index contributed by atoms with van der Waals surface area (Å²) in [4.78, 5) is 13.8. The molecule has 4 heteroatoms. The van der Waals surface area contributed by atoms with Gasteiger partial charge in [0.05, 0.1) is 12.6 Å². The van der Waals surface area contributed by atoms with Crippen molar-refractivity contribution in [3.8, 4) is 0 Å². The normalized spacial score (nSPS) is 26.1. The molecule has 1 rings (SSSR count). The third-order valence-electron chi connectivity index (χ3n) is 3.72. The molecular formula is C14H28N2O2. The first-order valence-corrected chi connectivity index (χ1v) is 7.13. The summed E-state index contributed by atoms with van der Waals surface area (Å²) in [5.41, 5.74) is 0. The highest BCUT2D eigenvalue weighted by Gasteiger charge is 2.20. The first-order chi connectivity index (χ1) is 8.47. The number of amides is 1. The molecule has 0 aromatic heterocycles. The van der Waals surface area contributed by atoms with E-state index in [0.717, 1.165) is 25.3 Å². The van der Waals surface area contributed by atoms with E-state index in [-0.39, 0.29) is 12.0 Å². The molecule has 0 bridgehead atoms. The van der Waals surface area contributed by atoms with Crippen LogP contribution < -0.4 is 5.32 Å². The molecule has 0 spiro atoms. The zero-order chi connectivity index (χ0) is 13.5. The van der Waals surface area contributed by atoms with Crippen LogP contribution in [-0.4, -0.2) is 48.2 Å². The van der Waals surface area contributed by atoms with Gasteiger partial charge < -0.3 is 10.4 Å². The van der Waals surface area contributed by atoms with Crippen molar-refractivity contribution in [1.29, 1.82) is 0 Å². The lowest BCUT2D eigenvalue weighted by Crippen LogP contribution is -2.42. The van der Waals surface area contributed by atoms with Gasteiger partial charge in [0, 0.05) is 12.6 Å². The van der Waals surface area contributed by atoms with Gasteiger partial charge in [0.2, 0.25) is 5.91 Å². The van der Waals surface area contributed by atoms with Crippen molar-refractivity contribution < 1.29 is 9.90 Å². The van der Waals surface area contributed by atoms with E-state index in [2.05, 4.69) is 12.2 Å². The SMILES string of the molecule is CC(O)CCN(C)CC(=O)NC1CCC(C)CC1. The fraction of sp³-hybridized carbons (Fsp3) is 0.929. The van der Waals surface area contributed by atoms with Gasteiger partial charge in [0.15, 0.2) is 0 Å². The van der Waals surface area contributed by atoms with Crippen LogP contribution in [0.1, 0.15) is 46.0 Å². The molecule has 0 aromatic carbocycles. The number of nitrogens with zero attached hydrogens (tertiary/aromatic N) is 1. The lowest BCUT2D eigenvalue weighted by Gasteiger charge is -2.27. The molecule has 1 amide bonds. The van der Waals surface area contributed by atoms with Gasteiger partial charge in [-0.05, 0) is 52.0 Å². The minimum absolute atomic E-state index is 0.114. The summed E-state index contributed by atoms with van der Waals surface area (Å²) in [7, 11) is 1.92. The summed E-state index contributed by atoms with van der Waals surface area (Å²) >= 11 is 0. The van der Waals surface area contributed by atoms with Crippen molar-refractivity contribution in [2.45, 2.75) is 58.1 Å². The Morgan fingerprint density at radius 1 is 1.39 bits per heavy atom. The van der Waals surface area contributed by atoms with Crippen LogP contribution in [0, 0.1) is 5.92 Å². The van der Waals surface area contributed by atoms with Crippen LogP contribution in [0.15, 0.2) is 0 Å². The number of hydrogen-bond acceptors (Lipinski definition) is 3. The van der Waals surface area contributed by atoms with Crippen molar-refractivity contribution in [3.63, 3.8) is 0 Å². The topological polar surface area (TPSA) is 52.6 Å². The second kappa shape index (κ2) is 7.74. The molecule has 18 heavy (non-hydrogen) atoms. The highest BCUT2D eigenvalue weighted by Crippen LogP contribution is 2.23. The number of carbonyl (C=O) groups excluding carboxylic acids is 1. The first-order valence-electron chi connectivity index (χ1n) is 7.13. The maximum atomic E-state index is 11.8. The molecule has 1 fully saturated rings. The first kappa shape index (κ1) is 15.4. The summed E-state index contributed by atoms with van der Waals surface area (Å²) in [5.74, 6) is 0.925. The molecule has 106 valence electrons. The third kappa shape index (κ3) is 6.36. The Morgan fingerprint density at radius 3 is 2.56 bits per heavy atom. The molecule has 0 radical (unpaired) electrons. The van der Waals surface area contributed by atoms with Crippen LogP contribution in [0.3, 0.4) is 0 Å². The number of hydrogen-bond donors (Lipinski definition) is 2. The Morgan fingerprint density at radius 2 is 2.00 bits per heavy atom. The minimum Gasteiger partial charge on any atom is -0.393 e. The van der Waals surface area contributed by atoms with Crippen LogP contribution in [0.2, 0.25) is 0 Å². The van der Waals surface area contributed by atoms with E-state index >= 15 is 0 Å². The molecule has 2 N–H and O–H groups in total. The smallest absolute Gasteiger partial charge is 0.234 e. The molecule has 0 saturated heterocycles. The van der Waals surface area contributed by atoms with E-state index in [1.54, 1.807) is 6.92 Å². The van der Waals surface area contributed by atoms with Crippen LogP contribution in [-0.2, 0) is 4.79 Å². The molecule has 1 saturated carbocycles. The molecule has 0 aromatic rings. The Bertz CT molecular complexity index is 248. The largest absolute Gasteiger partial charge is 0.393 e. The molecule has 4 nitrogen and oxygen atoms in total. The Balaban J connectivity index is 2.16. The highest BCUT2D eigenvalue weighted by atomic mass is 16.3. The average molecular weight is 256 g/mol. The van der Waals surface area contributed by atoms with E-state index in [4.69, 9.17) is 0 Å². The van der Waals surface area contributed by atoms with E-state index < -0.39 is 0 Å². The van der Waals surface area contributed by atoms with Crippen molar-refractivity contribution in [1.82, 2.24) is 10.2 Å². The molecule has 1 unspecified atom stereocenters. The van der Waals surface area contributed by atoms with Crippen molar-refractivity contribution >= 4 is 5.91 Å². The number of aliphatic hydroxyl groups excluding tert-OH is 1. The fourth-order valence-corrected chi connectivity index (χ4v) is 2.41. The van der Waals surface area contributed by atoms with Crippen molar-refractivity contribution in [3.05, 3.63) is 0 Å². The van der Waals surface area contributed by atoms with Crippen LogP contribution in [0.25, 0.3) is 0 Å². The average Bonchev–Trinajstić information content (AvgIpc) is 2.29. The minimum atomic E-state index is -0.296. The Labute approximate surface area is 111 Å². The molecule has 1 atom stereocenters. The van der Waals surface area contributed by atoms with E-state index in [1.807, 2.05) is 11.9 Å². The maximum Gasteiger partial charge on any atom is 0.234 e. The number of aliphatic hydroxyl groups is 1. The predicted octanol–water partition coefficient (Wildman–Crippen LogP) is 1.38. The number of rotatable bonds is 6. The lowest BCUT2D eigenvalue weighted by molar-refractivity contribution is -0.123. The van der Waals surface area contributed by atoms with E-state index in [9.17, 15) is 9.90 Å². The van der Waals surface area contributed by atoms with Crippen molar-refractivity contribution in [2.24, 2.45) is 5.92 Å². The summed E-state index contributed by atoms with van der Waals surface area (Å²) in [6.07, 6.45) is 5.10. The van der Waals surface area contributed by atoms with Gasteiger partial charge in [-0.15, -0.1) is 0 Å². The number of nitrogens with one attached hydrogen (secondary N) is 1. The van der Waals surface area contributed by atoms with Crippen LogP contribution in [0.5, 0.6) is 0 Å². The Hall–Kier alpha value is -0.610.